The minimum Gasteiger partial charge on any atom is -0.339 e. The zero-order chi connectivity index (χ0) is 13.9. The molecule has 2 atom stereocenters. The molecule has 18 heavy (non-hydrogen) atoms. The number of carbonyl (C=O) groups excluding carboxylic acids is 1. The maximum Gasteiger partial charge on any atom is 0.239 e. The quantitative estimate of drug-likeness (QED) is 0.748. The van der Waals surface area contributed by atoms with E-state index in [1.54, 1.807) is 4.90 Å². The number of piperazine rings is 1. The Morgan fingerprint density at radius 2 is 1.78 bits per heavy atom. The number of nitrogens with zero attached hydrogens (tertiary/aromatic N) is 2. The van der Waals surface area contributed by atoms with E-state index >= 15 is 0 Å². The van der Waals surface area contributed by atoms with Crippen LogP contribution in [0.5, 0.6) is 0 Å². The molecular formula is C11H23N3O3S. The monoisotopic (exact) mass is 277 g/mol. The first-order valence-corrected chi connectivity index (χ1v) is 8.11. The van der Waals surface area contributed by atoms with Gasteiger partial charge in [0.2, 0.25) is 15.9 Å². The van der Waals surface area contributed by atoms with Gasteiger partial charge in [0.25, 0.3) is 0 Å². The van der Waals surface area contributed by atoms with Crippen molar-refractivity contribution in [2.45, 2.75) is 26.3 Å². The van der Waals surface area contributed by atoms with Crippen molar-refractivity contribution in [3.8, 4) is 0 Å². The highest BCUT2D eigenvalue weighted by molar-refractivity contribution is 7.88. The van der Waals surface area contributed by atoms with Crippen molar-refractivity contribution in [1.82, 2.24) is 9.21 Å². The van der Waals surface area contributed by atoms with Gasteiger partial charge in [-0.2, -0.15) is 4.31 Å². The number of amides is 1. The molecule has 106 valence electrons. The first-order chi connectivity index (χ1) is 8.27. The summed E-state index contributed by atoms with van der Waals surface area (Å²) < 4.78 is 24.1. The van der Waals surface area contributed by atoms with Crippen LogP contribution in [0.3, 0.4) is 0 Å². The molecule has 0 aromatic carbocycles. The molecule has 0 spiro atoms. The van der Waals surface area contributed by atoms with Gasteiger partial charge in [-0.1, -0.05) is 20.3 Å². The first kappa shape index (κ1) is 15.4. The van der Waals surface area contributed by atoms with Crippen molar-refractivity contribution in [2.75, 3.05) is 32.4 Å². The highest BCUT2D eigenvalue weighted by atomic mass is 32.2. The second-order valence-corrected chi connectivity index (χ2v) is 6.88. The molecule has 1 aliphatic rings. The third-order valence-corrected chi connectivity index (χ3v) is 4.86. The molecule has 0 aromatic heterocycles. The maximum absolute atomic E-state index is 12.1. The fourth-order valence-electron chi connectivity index (χ4n) is 1.95. The fourth-order valence-corrected chi connectivity index (χ4v) is 2.77. The molecule has 2 N–H and O–H groups in total. The number of hydrogen-bond acceptors (Lipinski definition) is 4. The second kappa shape index (κ2) is 5.99. The van der Waals surface area contributed by atoms with Gasteiger partial charge in [-0.15, -0.1) is 0 Å². The molecule has 1 rings (SSSR count). The molecular weight excluding hydrogens is 254 g/mol. The molecule has 0 aliphatic carbocycles. The van der Waals surface area contributed by atoms with Crippen molar-refractivity contribution in [3.63, 3.8) is 0 Å². The van der Waals surface area contributed by atoms with Crippen LogP contribution in [0.2, 0.25) is 0 Å². The zero-order valence-corrected chi connectivity index (χ0v) is 12.1. The van der Waals surface area contributed by atoms with E-state index in [4.69, 9.17) is 5.73 Å². The summed E-state index contributed by atoms with van der Waals surface area (Å²) >= 11 is 0. The fraction of sp³-hybridized carbons (Fsp3) is 0.909. The van der Waals surface area contributed by atoms with Crippen LogP contribution in [-0.4, -0.2) is 62.0 Å². The summed E-state index contributed by atoms with van der Waals surface area (Å²) in [6, 6.07) is -0.486. The molecule has 1 saturated heterocycles. The van der Waals surface area contributed by atoms with Crippen LogP contribution in [0, 0.1) is 5.92 Å². The van der Waals surface area contributed by atoms with Crippen LogP contribution in [0.1, 0.15) is 20.3 Å². The minimum absolute atomic E-state index is 0.0718. The molecule has 1 fully saturated rings. The predicted molar refractivity (Wildman–Crippen MR) is 70.4 cm³/mol. The maximum atomic E-state index is 12.1. The largest absolute Gasteiger partial charge is 0.339 e. The molecule has 1 amide bonds. The normalized spacial score (nSPS) is 21.7. The van der Waals surface area contributed by atoms with E-state index in [1.807, 2.05) is 13.8 Å². The van der Waals surface area contributed by atoms with Crippen molar-refractivity contribution in [3.05, 3.63) is 0 Å². The lowest BCUT2D eigenvalue weighted by atomic mass is 9.99. The SMILES string of the molecule is CCC(C)C(N)C(=O)N1CCN(S(C)(=O)=O)CC1. The van der Waals surface area contributed by atoms with E-state index in [2.05, 4.69) is 0 Å². The number of hydrogen-bond donors (Lipinski definition) is 1. The Bertz CT molecular complexity index is 388. The molecule has 7 heteroatoms. The molecule has 1 heterocycles. The summed E-state index contributed by atoms with van der Waals surface area (Å²) in [5, 5.41) is 0. The van der Waals surface area contributed by atoms with E-state index < -0.39 is 16.1 Å². The van der Waals surface area contributed by atoms with E-state index in [9.17, 15) is 13.2 Å². The number of rotatable bonds is 4. The van der Waals surface area contributed by atoms with Crippen LogP contribution in [0.4, 0.5) is 0 Å². The van der Waals surface area contributed by atoms with Crippen LogP contribution < -0.4 is 5.73 Å². The predicted octanol–water partition coefficient (Wildman–Crippen LogP) is -0.536. The highest BCUT2D eigenvalue weighted by Gasteiger charge is 2.30. The molecule has 0 aromatic rings. The standard InChI is InChI=1S/C11H23N3O3S/c1-4-9(2)10(12)11(15)13-5-7-14(8-6-13)18(3,16)17/h9-10H,4-8,12H2,1-3H3. The smallest absolute Gasteiger partial charge is 0.239 e. The lowest BCUT2D eigenvalue weighted by Gasteiger charge is -2.35. The number of nitrogens with two attached hydrogens (primary N) is 1. The average Bonchev–Trinajstić information content (AvgIpc) is 2.35. The number of carbonyl (C=O) groups is 1. The van der Waals surface area contributed by atoms with Gasteiger partial charge in [0.1, 0.15) is 0 Å². The molecule has 1 aliphatic heterocycles. The lowest BCUT2D eigenvalue weighted by Crippen LogP contribution is -2.55. The molecule has 0 saturated carbocycles. The van der Waals surface area contributed by atoms with Gasteiger partial charge >= 0.3 is 0 Å². The summed E-state index contributed by atoms with van der Waals surface area (Å²) in [6.45, 7) is 5.52. The van der Waals surface area contributed by atoms with Gasteiger partial charge in [0.15, 0.2) is 0 Å². The van der Waals surface area contributed by atoms with Crippen molar-refractivity contribution < 1.29 is 13.2 Å². The number of sulfonamides is 1. The third kappa shape index (κ3) is 3.66. The van der Waals surface area contributed by atoms with Gasteiger partial charge in [-0.3, -0.25) is 4.79 Å². The van der Waals surface area contributed by atoms with Crippen molar-refractivity contribution >= 4 is 15.9 Å². The Hall–Kier alpha value is -0.660. The summed E-state index contributed by atoms with van der Waals surface area (Å²) in [7, 11) is -3.15. The van der Waals surface area contributed by atoms with Crippen LogP contribution >= 0.6 is 0 Å². The molecule has 2 unspecified atom stereocenters. The van der Waals surface area contributed by atoms with Gasteiger partial charge in [0, 0.05) is 26.2 Å². The topological polar surface area (TPSA) is 83.7 Å². The van der Waals surface area contributed by atoms with Crippen molar-refractivity contribution in [1.29, 1.82) is 0 Å². The van der Waals surface area contributed by atoms with Crippen molar-refractivity contribution in [2.24, 2.45) is 11.7 Å². The van der Waals surface area contributed by atoms with E-state index in [-0.39, 0.29) is 11.8 Å². The Balaban J connectivity index is 2.55. The average molecular weight is 277 g/mol. The molecule has 0 radical (unpaired) electrons. The molecule has 0 bridgehead atoms. The Morgan fingerprint density at radius 1 is 1.28 bits per heavy atom. The van der Waals surface area contributed by atoms with E-state index in [1.165, 1.54) is 10.6 Å². The summed E-state index contributed by atoms with van der Waals surface area (Å²) in [6.07, 6.45) is 2.05. The van der Waals surface area contributed by atoms with Gasteiger partial charge in [0.05, 0.1) is 12.3 Å². The van der Waals surface area contributed by atoms with Gasteiger partial charge in [-0.05, 0) is 5.92 Å². The minimum atomic E-state index is -3.15. The third-order valence-electron chi connectivity index (χ3n) is 3.56. The highest BCUT2D eigenvalue weighted by Crippen LogP contribution is 2.12. The molecule has 6 nitrogen and oxygen atoms in total. The lowest BCUT2D eigenvalue weighted by molar-refractivity contribution is -0.134. The Labute approximate surface area is 109 Å². The van der Waals surface area contributed by atoms with Crippen LogP contribution in [0.25, 0.3) is 0 Å². The first-order valence-electron chi connectivity index (χ1n) is 6.26. The Morgan fingerprint density at radius 3 is 2.17 bits per heavy atom. The van der Waals surface area contributed by atoms with Gasteiger partial charge < -0.3 is 10.6 Å². The summed E-state index contributed by atoms with van der Waals surface area (Å²) in [5.74, 6) is 0.0722. The zero-order valence-electron chi connectivity index (χ0n) is 11.3. The summed E-state index contributed by atoms with van der Waals surface area (Å²) in [4.78, 5) is 13.8. The van der Waals surface area contributed by atoms with Crippen LogP contribution in [0.15, 0.2) is 0 Å². The van der Waals surface area contributed by atoms with Gasteiger partial charge in [-0.25, -0.2) is 8.42 Å². The van der Waals surface area contributed by atoms with Crippen LogP contribution in [-0.2, 0) is 14.8 Å². The van der Waals surface area contributed by atoms with E-state index in [0.29, 0.717) is 26.2 Å². The summed E-state index contributed by atoms with van der Waals surface area (Å²) in [5.41, 5.74) is 5.90. The Kier molecular flexibility index (Phi) is 5.12. The second-order valence-electron chi connectivity index (χ2n) is 4.90. The van der Waals surface area contributed by atoms with E-state index in [0.717, 1.165) is 6.42 Å².